The molecule has 0 radical (unpaired) electrons. The summed E-state index contributed by atoms with van der Waals surface area (Å²) in [7, 11) is 0. The van der Waals surface area contributed by atoms with E-state index in [-0.39, 0.29) is 0 Å². The van der Waals surface area contributed by atoms with Crippen LogP contribution in [0.1, 0.15) is 25.8 Å². The van der Waals surface area contributed by atoms with Crippen LogP contribution in [0.5, 0.6) is 0 Å². The summed E-state index contributed by atoms with van der Waals surface area (Å²) in [4.78, 5) is 2.57. The average molecular weight is 270 g/mol. The molecule has 0 unspecified atom stereocenters. The van der Waals surface area contributed by atoms with Gasteiger partial charge in [0, 0.05) is 24.5 Å². The number of fused-ring (bicyclic) bond motifs is 1. The van der Waals surface area contributed by atoms with Gasteiger partial charge in [0.15, 0.2) is 0 Å². The Kier molecular flexibility index (Phi) is 2.70. The van der Waals surface area contributed by atoms with E-state index in [1.54, 1.807) is 0 Å². The van der Waals surface area contributed by atoms with Crippen LogP contribution in [0, 0.1) is 5.92 Å². The molecule has 2 aliphatic rings. The molecule has 0 spiro atoms. The molecule has 0 N–H and O–H groups in total. The van der Waals surface area contributed by atoms with Crippen molar-refractivity contribution in [2.24, 2.45) is 5.92 Å². The van der Waals surface area contributed by atoms with Crippen molar-refractivity contribution in [3.63, 3.8) is 0 Å². The van der Waals surface area contributed by atoms with E-state index >= 15 is 0 Å². The summed E-state index contributed by atoms with van der Waals surface area (Å²) in [6.07, 6.45) is 1.31. The second kappa shape index (κ2) is 3.88. The number of benzene rings is 1. The summed E-state index contributed by atoms with van der Waals surface area (Å²) in [6.45, 7) is 6.95. The van der Waals surface area contributed by atoms with E-state index in [0.29, 0.717) is 21.5 Å². The average Bonchev–Trinajstić information content (AvgIpc) is 2.85. The van der Waals surface area contributed by atoms with Crippen LogP contribution in [-0.4, -0.2) is 24.0 Å². The molecule has 2 atom stereocenters. The van der Waals surface area contributed by atoms with Crippen molar-refractivity contribution in [1.82, 2.24) is 4.90 Å². The first kappa shape index (κ1) is 11.8. The van der Waals surface area contributed by atoms with Gasteiger partial charge in [-0.25, -0.2) is 0 Å². The maximum absolute atomic E-state index is 6.13. The molecule has 0 aromatic heterocycles. The molecule has 1 nitrogen and oxygen atoms in total. The molecule has 1 heterocycles. The first-order valence-corrected chi connectivity index (χ1v) is 6.98. The van der Waals surface area contributed by atoms with E-state index in [9.17, 15) is 0 Å². The second-order valence-corrected chi connectivity index (χ2v) is 6.52. The van der Waals surface area contributed by atoms with Crippen molar-refractivity contribution in [1.29, 1.82) is 0 Å². The summed E-state index contributed by atoms with van der Waals surface area (Å²) in [5, 5.41) is 1.34. The number of hydrogen-bond acceptors (Lipinski definition) is 1. The molecule has 1 aromatic carbocycles. The fraction of sp³-hybridized carbons (Fsp3) is 0.571. The molecule has 0 bridgehead atoms. The van der Waals surface area contributed by atoms with Crippen molar-refractivity contribution < 1.29 is 0 Å². The molecule has 1 saturated heterocycles. The van der Waals surface area contributed by atoms with Crippen molar-refractivity contribution in [2.75, 3.05) is 13.1 Å². The Morgan fingerprint density at radius 1 is 1.29 bits per heavy atom. The van der Waals surface area contributed by atoms with Gasteiger partial charge in [0.2, 0.25) is 0 Å². The Bertz CT molecular complexity index is 458. The van der Waals surface area contributed by atoms with Crippen molar-refractivity contribution in [3.8, 4) is 0 Å². The van der Waals surface area contributed by atoms with E-state index in [0.717, 1.165) is 5.92 Å². The number of piperidine rings is 1. The number of hydrogen-bond donors (Lipinski definition) is 0. The molecule has 17 heavy (non-hydrogen) atoms. The SMILES string of the molecule is CC(C)N1C[C@@H]2C[C@@]2(c2ccc(Cl)c(Cl)c2)C1. The number of rotatable bonds is 2. The van der Waals surface area contributed by atoms with E-state index in [1.165, 1.54) is 25.1 Å². The van der Waals surface area contributed by atoms with Crippen LogP contribution < -0.4 is 0 Å². The highest BCUT2D eigenvalue weighted by atomic mass is 35.5. The molecule has 1 aliphatic heterocycles. The lowest BCUT2D eigenvalue weighted by molar-refractivity contribution is 0.243. The molecular weight excluding hydrogens is 253 g/mol. The first-order valence-electron chi connectivity index (χ1n) is 6.22. The predicted octanol–water partition coefficient (Wildman–Crippen LogP) is 3.98. The van der Waals surface area contributed by atoms with Crippen LogP contribution in [0.25, 0.3) is 0 Å². The second-order valence-electron chi connectivity index (χ2n) is 5.71. The van der Waals surface area contributed by atoms with Gasteiger partial charge < -0.3 is 0 Å². The van der Waals surface area contributed by atoms with Gasteiger partial charge in [0.1, 0.15) is 0 Å². The highest BCUT2D eigenvalue weighted by Gasteiger charge is 2.60. The summed E-state index contributed by atoms with van der Waals surface area (Å²) in [5.74, 6) is 0.821. The minimum Gasteiger partial charge on any atom is -0.300 e. The van der Waals surface area contributed by atoms with Crippen LogP contribution in [-0.2, 0) is 5.41 Å². The number of likely N-dealkylation sites (tertiary alicyclic amines) is 1. The summed E-state index contributed by atoms with van der Waals surface area (Å²) in [5.41, 5.74) is 1.75. The van der Waals surface area contributed by atoms with Crippen LogP contribution in [0.15, 0.2) is 18.2 Å². The van der Waals surface area contributed by atoms with Crippen LogP contribution in [0.4, 0.5) is 0 Å². The molecule has 1 aromatic rings. The highest BCUT2D eigenvalue weighted by molar-refractivity contribution is 6.42. The van der Waals surface area contributed by atoms with Gasteiger partial charge in [-0.2, -0.15) is 0 Å². The largest absolute Gasteiger partial charge is 0.300 e. The van der Waals surface area contributed by atoms with E-state index < -0.39 is 0 Å². The lowest BCUT2D eigenvalue weighted by Crippen LogP contribution is -2.32. The third-order valence-electron chi connectivity index (χ3n) is 4.40. The minimum absolute atomic E-state index is 0.374. The molecule has 1 aliphatic carbocycles. The van der Waals surface area contributed by atoms with E-state index in [1.807, 2.05) is 6.07 Å². The fourth-order valence-corrected chi connectivity index (χ4v) is 3.47. The maximum atomic E-state index is 6.13. The van der Waals surface area contributed by atoms with Crippen molar-refractivity contribution in [2.45, 2.75) is 31.7 Å². The van der Waals surface area contributed by atoms with Gasteiger partial charge in [-0.15, -0.1) is 0 Å². The normalized spacial score (nSPS) is 31.9. The summed E-state index contributed by atoms with van der Waals surface area (Å²) in [6, 6.07) is 6.79. The summed E-state index contributed by atoms with van der Waals surface area (Å²) >= 11 is 12.1. The zero-order chi connectivity index (χ0) is 12.2. The summed E-state index contributed by atoms with van der Waals surface area (Å²) < 4.78 is 0. The smallest absolute Gasteiger partial charge is 0.0595 e. The molecule has 2 fully saturated rings. The standard InChI is InChI=1S/C14H17Cl2N/c1-9(2)17-7-11-6-14(11,8-17)10-3-4-12(15)13(16)5-10/h3-5,9,11H,6-8H2,1-2H3/t11-,14-/m0/s1. The van der Waals surface area contributed by atoms with Gasteiger partial charge in [0.05, 0.1) is 10.0 Å². The zero-order valence-corrected chi connectivity index (χ0v) is 11.7. The highest BCUT2D eigenvalue weighted by Crippen LogP contribution is 2.59. The van der Waals surface area contributed by atoms with Crippen LogP contribution >= 0.6 is 23.2 Å². The Morgan fingerprint density at radius 2 is 2.06 bits per heavy atom. The third-order valence-corrected chi connectivity index (χ3v) is 5.14. The Labute approximate surface area is 113 Å². The molecule has 3 heteroatoms. The first-order chi connectivity index (χ1) is 8.03. The number of halogens is 2. The van der Waals surface area contributed by atoms with E-state index in [4.69, 9.17) is 23.2 Å². The Balaban J connectivity index is 1.88. The fourth-order valence-electron chi connectivity index (χ4n) is 3.17. The van der Waals surface area contributed by atoms with Gasteiger partial charge in [-0.05, 0) is 43.9 Å². The van der Waals surface area contributed by atoms with Crippen molar-refractivity contribution >= 4 is 23.2 Å². The minimum atomic E-state index is 0.374. The topological polar surface area (TPSA) is 3.24 Å². The predicted molar refractivity (Wildman–Crippen MR) is 73.0 cm³/mol. The number of nitrogens with zero attached hydrogens (tertiary/aromatic N) is 1. The monoisotopic (exact) mass is 269 g/mol. The lowest BCUT2D eigenvalue weighted by Gasteiger charge is -2.24. The van der Waals surface area contributed by atoms with Gasteiger partial charge in [0.25, 0.3) is 0 Å². The zero-order valence-electron chi connectivity index (χ0n) is 10.2. The Morgan fingerprint density at radius 3 is 2.65 bits per heavy atom. The van der Waals surface area contributed by atoms with Gasteiger partial charge in [-0.3, -0.25) is 4.90 Å². The molecule has 1 saturated carbocycles. The lowest BCUT2D eigenvalue weighted by atomic mass is 9.95. The molecule has 0 amide bonds. The van der Waals surface area contributed by atoms with Crippen molar-refractivity contribution in [3.05, 3.63) is 33.8 Å². The van der Waals surface area contributed by atoms with Gasteiger partial charge in [-0.1, -0.05) is 29.3 Å². The Hall–Kier alpha value is -0.240. The maximum Gasteiger partial charge on any atom is 0.0595 e. The molecular formula is C14H17Cl2N. The quantitative estimate of drug-likeness (QED) is 0.785. The van der Waals surface area contributed by atoms with Crippen LogP contribution in [0.2, 0.25) is 10.0 Å². The van der Waals surface area contributed by atoms with Crippen LogP contribution in [0.3, 0.4) is 0 Å². The van der Waals surface area contributed by atoms with Gasteiger partial charge >= 0.3 is 0 Å². The third kappa shape index (κ3) is 1.80. The molecule has 92 valence electrons. The molecule has 3 rings (SSSR count). The van der Waals surface area contributed by atoms with E-state index in [2.05, 4.69) is 30.9 Å².